The van der Waals surface area contributed by atoms with Crippen LogP contribution in [0, 0.1) is 0 Å². The molecule has 0 aromatic heterocycles. The molecule has 0 radical (unpaired) electrons. The Labute approximate surface area is 114 Å². The van der Waals surface area contributed by atoms with Crippen LogP contribution in [0.2, 0.25) is 0 Å². The van der Waals surface area contributed by atoms with Gasteiger partial charge in [-0.05, 0) is 54.7 Å². The summed E-state index contributed by atoms with van der Waals surface area (Å²) in [5.74, 6) is 1.06. The van der Waals surface area contributed by atoms with Crippen LogP contribution in [0.15, 0.2) is 41.5 Å². The maximum Gasteiger partial charge on any atom is 0.156 e. The molecule has 0 bridgehead atoms. The molecule has 1 aliphatic rings. The molecule has 1 aromatic rings. The topological polar surface area (TPSA) is 26.3 Å². The summed E-state index contributed by atoms with van der Waals surface area (Å²) < 4.78 is 5.17. The summed E-state index contributed by atoms with van der Waals surface area (Å²) >= 11 is 0. The Hall–Kier alpha value is -1.83. The maximum atomic E-state index is 11.7. The summed E-state index contributed by atoms with van der Waals surface area (Å²) in [7, 11) is 1.66. The van der Waals surface area contributed by atoms with E-state index in [0.717, 1.165) is 29.7 Å². The average Bonchev–Trinajstić information content (AvgIpc) is 2.46. The van der Waals surface area contributed by atoms with Crippen molar-refractivity contribution < 1.29 is 9.53 Å². The molecule has 1 aliphatic carbocycles. The molecule has 0 amide bonds. The van der Waals surface area contributed by atoms with Gasteiger partial charge in [-0.2, -0.15) is 0 Å². The third-order valence-electron chi connectivity index (χ3n) is 3.70. The van der Waals surface area contributed by atoms with E-state index in [4.69, 9.17) is 4.74 Å². The van der Waals surface area contributed by atoms with Crippen molar-refractivity contribution >= 4 is 11.4 Å². The molecular weight excluding hydrogens is 236 g/mol. The molecule has 0 N–H and O–H groups in total. The normalized spacial score (nSPS) is 18.1. The molecule has 2 nitrogen and oxygen atoms in total. The Morgan fingerprint density at radius 3 is 2.47 bits per heavy atom. The number of methoxy groups -OCH3 is 1. The van der Waals surface area contributed by atoms with Gasteiger partial charge in [0.25, 0.3) is 0 Å². The molecule has 2 rings (SSSR count). The van der Waals surface area contributed by atoms with Crippen LogP contribution in [0.25, 0.3) is 5.57 Å². The second-order valence-corrected chi connectivity index (χ2v) is 4.87. The zero-order chi connectivity index (χ0) is 13.8. The van der Waals surface area contributed by atoms with Crippen LogP contribution < -0.4 is 4.74 Å². The molecule has 0 atom stereocenters. The number of ether oxygens (including phenoxy) is 1. The average molecular weight is 256 g/mol. The molecule has 0 spiro atoms. The number of allylic oxidation sites excluding steroid dienone is 4. The SMILES string of the molecule is CCC(C)=C1CCC(=O)C=C1c1ccc(OC)cc1. The van der Waals surface area contributed by atoms with Gasteiger partial charge in [0, 0.05) is 6.42 Å². The summed E-state index contributed by atoms with van der Waals surface area (Å²) in [5, 5.41) is 0. The van der Waals surface area contributed by atoms with E-state index in [9.17, 15) is 4.79 Å². The monoisotopic (exact) mass is 256 g/mol. The molecule has 0 aliphatic heterocycles. The van der Waals surface area contributed by atoms with Crippen LogP contribution in [0.3, 0.4) is 0 Å². The number of benzene rings is 1. The van der Waals surface area contributed by atoms with Gasteiger partial charge in [-0.1, -0.05) is 24.6 Å². The predicted molar refractivity (Wildman–Crippen MR) is 78.2 cm³/mol. The van der Waals surface area contributed by atoms with Gasteiger partial charge in [-0.3, -0.25) is 4.79 Å². The molecule has 0 unspecified atom stereocenters. The minimum Gasteiger partial charge on any atom is -0.497 e. The Bertz CT molecular complexity index is 533. The lowest BCUT2D eigenvalue weighted by Gasteiger charge is -2.19. The fraction of sp³-hybridized carbons (Fsp3) is 0.353. The lowest BCUT2D eigenvalue weighted by molar-refractivity contribution is -0.114. The number of hydrogen-bond acceptors (Lipinski definition) is 2. The van der Waals surface area contributed by atoms with E-state index in [1.807, 2.05) is 24.3 Å². The highest BCUT2D eigenvalue weighted by molar-refractivity contribution is 6.03. The molecule has 0 fully saturated rings. The summed E-state index contributed by atoms with van der Waals surface area (Å²) in [6, 6.07) is 7.92. The van der Waals surface area contributed by atoms with Crippen molar-refractivity contribution in [2.24, 2.45) is 0 Å². The summed E-state index contributed by atoms with van der Waals surface area (Å²) in [6.07, 6.45) is 4.31. The van der Waals surface area contributed by atoms with Gasteiger partial charge in [0.1, 0.15) is 5.75 Å². The minimum atomic E-state index is 0.221. The van der Waals surface area contributed by atoms with Crippen molar-refractivity contribution in [3.8, 4) is 5.75 Å². The molecule has 2 heteroatoms. The Morgan fingerprint density at radius 2 is 1.89 bits per heavy atom. The summed E-state index contributed by atoms with van der Waals surface area (Å²) in [5.41, 5.74) is 4.87. The van der Waals surface area contributed by atoms with Gasteiger partial charge in [0.2, 0.25) is 0 Å². The first-order valence-electron chi connectivity index (χ1n) is 6.73. The van der Waals surface area contributed by atoms with Gasteiger partial charge in [-0.15, -0.1) is 0 Å². The van der Waals surface area contributed by atoms with E-state index in [2.05, 4.69) is 13.8 Å². The van der Waals surface area contributed by atoms with Crippen LogP contribution in [0.4, 0.5) is 0 Å². The van der Waals surface area contributed by atoms with Crippen molar-refractivity contribution in [1.29, 1.82) is 0 Å². The highest BCUT2D eigenvalue weighted by Gasteiger charge is 2.18. The third-order valence-corrected chi connectivity index (χ3v) is 3.70. The van der Waals surface area contributed by atoms with Crippen LogP contribution >= 0.6 is 0 Å². The number of rotatable bonds is 3. The number of carbonyl (C=O) groups excluding carboxylic acids is 1. The van der Waals surface area contributed by atoms with Crippen LogP contribution in [-0.2, 0) is 4.79 Å². The van der Waals surface area contributed by atoms with E-state index in [1.165, 1.54) is 11.1 Å². The molecular formula is C17H20O2. The first-order valence-corrected chi connectivity index (χ1v) is 6.73. The lowest BCUT2D eigenvalue weighted by Crippen LogP contribution is -2.07. The van der Waals surface area contributed by atoms with E-state index >= 15 is 0 Å². The van der Waals surface area contributed by atoms with E-state index in [1.54, 1.807) is 13.2 Å². The highest BCUT2D eigenvalue weighted by atomic mass is 16.5. The largest absolute Gasteiger partial charge is 0.497 e. The zero-order valence-electron chi connectivity index (χ0n) is 11.8. The lowest BCUT2D eigenvalue weighted by atomic mass is 9.85. The Balaban J connectivity index is 2.45. The predicted octanol–water partition coefficient (Wildman–Crippen LogP) is 4.17. The van der Waals surface area contributed by atoms with Gasteiger partial charge in [0.05, 0.1) is 7.11 Å². The maximum absolute atomic E-state index is 11.7. The van der Waals surface area contributed by atoms with Crippen LogP contribution in [-0.4, -0.2) is 12.9 Å². The van der Waals surface area contributed by atoms with Gasteiger partial charge < -0.3 is 4.74 Å². The quantitative estimate of drug-likeness (QED) is 0.811. The van der Waals surface area contributed by atoms with E-state index in [0.29, 0.717) is 6.42 Å². The van der Waals surface area contributed by atoms with E-state index in [-0.39, 0.29) is 5.78 Å². The fourth-order valence-corrected chi connectivity index (χ4v) is 2.39. The number of ketones is 1. The zero-order valence-corrected chi connectivity index (χ0v) is 11.8. The molecule has 1 aromatic carbocycles. The standard InChI is InChI=1S/C17H20O2/c1-4-12(2)16-10-7-14(18)11-17(16)13-5-8-15(19-3)9-6-13/h5-6,8-9,11H,4,7,10H2,1-3H3. The van der Waals surface area contributed by atoms with Gasteiger partial charge in [0.15, 0.2) is 5.78 Å². The summed E-state index contributed by atoms with van der Waals surface area (Å²) in [4.78, 5) is 11.7. The second-order valence-electron chi connectivity index (χ2n) is 4.87. The first kappa shape index (κ1) is 13.6. The molecule has 0 saturated heterocycles. The summed E-state index contributed by atoms with van der Waals surface area (Å²) in [6.45, 7) is 4.31. The first-order chi connectivity index (χ1) is 9.15. The number of hydrogen-bond donors (Lipinski definition) is 0. The van der Waals surface area contributed by atoms with Crippen molar-refractivity contribution in [2.45, 2.75) is 33.1 Å². The third kappa shape index (κ3) is 2.95. The fourth-order valence-electron chi connectivity index (χ4n) is 2.39. The van der Waals surface area contributed by atoms with Crippen molar-refractivity contribution in [3.05, 3.63) is 47.1 Å². The van der Waals surface area contributed by atoms with Gasteiger partial charge in [-0.25, -0.2) is 0 Å². The van der Waals surface area contributed by atoms with Crippen molar-refractivity contribution in [3.63, 3.8) is 0 Å². The highest BCUT2D eigenvalue weighted by Crippen LogP contribution is 2.34. The number of carbonyl (C=O) groups is 1. The molecule has 0 saturated carbocycles. The van der Waals surface area contributed by atoms with Crippen LogP contribution in [0.5, 0.6) is 5.75 Å². The Morgan fingerprint density at radius 1 is 1.21 bits per heavy atom. The Kier molecular flexibility index (Phi) is 4.20. The van der Waals surface area contributed by atoms with Crippen molar-refractivity contribution in [1.82, 2.24) is 0 Å². The van der Waals surface area contributed by atoms with E-state index < -0.39 is 0 Å². The minimum absolute atomic E-state index is 0.221. The second kappa shape index (κ2) is 5.87. The van der Waals surface area contributed by atoms with Gasteiger partial charge >= 0.3 is 0 Å². The van der Waals surface area contributed by atoms with Crippen molar-refractivity contribution in [2.75, 3.05) is 7.11 Å². The molecule has 100 valence electrons. The smallest absolute Gasteiger partial charge is 0.156 e. The van der Waals surface area contributed by atoms with Crippen LogP contribution in [0.1, 0.15) is 38.7 Å². The molecule has 0 heterocycles. The molecule has 19 heavy (non-hydrogen) atoms.